The molecule has 0 aliphatic carbocycles. The van der Waals surface area contributed by atoms with Crippen LogP contribution in [0.3, 0.4) is 0 Å². The summed E-state index contributed by atoms with van der Waals surface area (Å²) < 4.78 is 0. The highest BCUT2D eigenvalue weighted by atomic mass is 14.9. The second kappa shape index (κ2) is 5.48. The van der Waals surface area contributed by atoms with E-state index in [2.05, 4.69) is 54.7 Å². The van der Waals surface area contributed by atoms with Gasteiger partial charge >= 0.3 is 0 Å². The lowest BCUT2D eigenvalue weighted by Crippen LogP contribution is -2.09. The third kappa shape index (κ3) is 2.51. The molecule has 2 aromatic rings. The van der Waals surface area contributed by atoms with Gasteiger partial charge in [-0.1, -0.05) is 50.1 Å². The van der Waals surface area contributed by atoms with Crippen LogP contribution >= 0.6 is 0 Å². The summed E-state index contributed by atoms with van der Waals surface area (Å²) in [4.78, 5) is 0. The topological polar surface area (TPSA) is 12.0 Å². The van der Waals surface area contributed by atoms with Gasteiger partial charge < -0.3 is 5.32 Å². The molecule has 1 heteroatoms. The highest BCUT2D eigenvalue weighted by molar-refractivity contribution is 5.72. The predicted molar refractivity (Wildman–Crippen MR) is 82.2 cm³/mol. The smallest absolute Gasteiger partial charge is 0.0423 e. The van der Waals surface area contributed by atoms with Crippen LogP contribution in [0.25, 0.3) is 0 Å². The summed E-state index contributed by atoms with van der Waals surface area (Å²) >= 11 is 0. The third-order valence-electron chi connectivity index (χ3n) is 3.98. The quantitative estimate of drug-likeness (QED) is 0.638. The molecule has 0 radical (unpaired) electrons. The molecule has 3 rings (SSSR count). The monoisotopic (exact) mass is 251 g/mol. The van der Waals surface area contributed by atoms with Crippen molar-refractivity contribution < 1.29 is 0 Å². The lowest BCUT2D eigenvalue weighted by molar-refractivity contribution is 0.714. The largest absolute Gasteiger partial charge is 0.355 e. The fraction of sp³-hybridized carbons (Fsp3) is 0.333. The van der Waals surface area contributed by atoms with Gasteiger partial charge in [-0.15, -0.1) is 0 Å². The maximum absolute atomic E-state index is 3.57. The zero-order valence-electron chi connectivity index (χ0n) is 11.6. The van der Waals surface area contributed by atoms with Crippen LogP contribution in [0.4, 0.5) is 11.4 Å². The summed E-state index contributed by atoms with van der Waals surface area (Å²) in [5.41, 5.74) is 7.00. The Kier molecular flexibility index (Phi) is 3.54. The van der Waals surface area contributed by atoms with Crippen molar-refractivity contribution in [3.05, 3.63) is 59.2 Å². The number of fused-ring (bicyclic) bond motifs is 2. The number of hydrogen-bond donors (Lipinski definition) is 1. The first-order valence-corrected chi connectivity index (χ1v) is 7.34. The molecule has 0 saturated heterocycles. The number of para-hydroxylation sites is 1. The fourth-order valence-electron chi connectivity index (χ4n) is 2.89. The number of aryl methyl sites for hydroxylation is 1. The van der Waals surface area contributed by atoms with Crippen molar-refractivity contribution in [2.75, 3.05) is 5.32 Å². The number of anilines is 2. The van der Waals surface area contributed by atoms with E-state index in [1.54, 1.807) is 0 Å². The average molecular weight is 251 g/mol. The highest BCUT2D eigenvalue weighted by Gasteiger charge is 2.16. The molecule has 0 spiro atoms. The minimum absolute atomic E-state index is 1.07. The molecule has 98 valence electrons. The second-order valence-electron chi connectivity index (χ2n) is 5.36. The van der Waals surface area contributed by atoms with Gasteiger partial charge in [-0.3, -0.25) is 0 Å². The lowest BCUT2D eigenvalue weighted by atomic mass is 9.91. The van der Waals surface area contributed by atoms with Crippen molar-refractivity contribution in [1.82, 2.24) is 0 Å². The Morgan fingerprint density at radius 2 is 1.79 bits per heavy atom. The van der Waals surface area contributed by atoms with E-state index in [9.17, 15) is 0 Å². The number of benzene rings is 2. The van der Waals surface area contributed by atoms with Gasteiger partial charge in [0.1, 0.15) is 0 Å². The van der Waals surface area contributed by atoms with Crippen LogP contribution in [-0.2, 0) is 12.8 Å². The summed E-state index contributed by atoms with van der Waals surface area (Å²) in [5, 5.41) is 3.57. The summed E-state index contributed by atoms with van der Waals surface area (Å²) in [6, 6.07) is 15.3. The number of nitrogens with one attached hydrogen (secondary N) is 1. The predicted octanol–water partition coefficient (Wildman–Crippen LogP) is 5.07. The molecule has 0 saturated carbocycles. The second-order valence-corrected chi connectivity index (χ2v) is 5.36. The molecule has 0 aromatic heterocycles. The van der Waals surface area contributed by atoms with E-state index in [-0.39, 0.29) is 0 Å². The maximum atomic E-state index is 3.57. The van der Waals surface area contributed by atoms with E-state index < -0.39 is 0 Å². The Hall–Kier alpha value is -1.76. The van der Waals surface area contributed by atoms with Crippen LogP contribution in [0.1, 0.15) is 42.9 Å². The van der Waals surface area contributed by atoms with Crippen LogP contribution in [0, 0.1) is 0 Å². The lowest BCUT2D eigenvalue weighted by Gasteiger charge is -2.23. The number of unbranched alkanes of at least 4 members (excludes halogenated alkanes) is 2. The van der Waals surface area contributed by atoms with Crippen molar-refractivity contribution in [3.63, 3.8) is 0 Å². The van der Waals surface area contributed by atoms with Gasteiger partial charge in [0.05, 0.1) is 0 Å². The first-order chi connectivity index (χ1) is 9.38. The van der Waals surface area contributed by atoms with Crippen LogP contribution in [0.2, 0.25) is 0 Å². The van der Waals surface area contributed by atoms with E-state index >= 15 is 0 Å². The van der Waals surface area contributed by atoms with E-state index in [1.807, 2.05) is 0 Å². The molecule has 1 N–H and O–H groups in total. The van der Waals surface area contributed by atoms with E-state index in [4.69, 9.17) is 0 Å². The Morgan fingerprint density at radius 1 is 0.947 bits per heavy atom. The van der Waals surface area contributed by atoms with E-state index in [0.717, 1.165) is 6.42 Å². The van der Waals surface area contributed by atoms with Gasteiger partial charge in [-0.25, -0.2) is 0 Å². The summed E-state index contributed by atoms with van der Waals surface area (Å²) in [6.45, 7) is 2.26. The third-order valence-corrected chi connectivity index (χ3v) is 3.98. The summed E-state index contributed by atoms with van der Waals surface area (Å²) in [6.07, 6.45) is 6.19. The van der Waals surface area contributed by atoms with Gasteiger partial charge in [0.25, 0.3) is 0 Å². The van der Waals surface area contributed by atoms with Crippen molar-refractivity contribution in [1.29, 1.82) is 0 Å². The van der Waals surface area contributed by atoms with Gasteiger partial charge in [0.2, 0.25) is 0 Å². The molecular formula is C18H21N. The standard InChI is InChI=1S/C18H21N/c1-2-3-4-8-14-10-7-12-18-16(14)13-15-9-5-6-11-17(15)19-18/h5-7,9-12,19H,2-4,8,13H2,1H3. The van der Waals surface area contributed by atoms with Crippen molar-refractivity contribution in [3.8, 4) is 0 Å². The molecule has 0 amide bonds. The van der Waals surface area contributed by atoms with Crippen molar-refractivity contribution in [2.24, 2.45) is 0 Å². The van der Waals surface area contributed by atoms with Crippen molar-refractivity contribution in [2.45, 2.75) is 39.0 Å². The SMILES string of the molecule is CCCCCc1cccc2c1Cc1ccccc1N2. The Bertz CT molecular complexity index is 572. The van der Waals surface area contributed by atoms with Gasteiger partial charge in [-0.2, -0.15) is 0 Å². The molecule has 1 heterocycles. The molecule has 0 unspecified atom stereocenters. The van der Waals surface area contributed by atoms with E-state index in [0.29, 0.717) is 0 Å². The van der Waals surface area contributed by atoms with Crippen LogP contribution < -0.4 is 5.32 Å². The Labute approximate surface area is 115 Å². The molecule has 0 bridgehead atoms. The molecule has 1 nitrogen and oxygen atoms in total. The molecule has 1 aliphatic rings. The van der Waals surface area contributed by atoms with E-state index in [1.165, 1.54) is 53.7 Å². The summed E-state index contributed by atoms with van der Waals surface area (Å²) in [5.74, 6) is 0. The minimum Gasteiger partial charge on any atom is -0.355 e. The summed E-state index contributed by atoms with van der Waals surface area (Å²) in [7, 11) is 0. The zero-order valence-corrected chi connectivity index (χ0v) is 11.6. The Balaban J connectivity index is 1.88. The molecule has 0 atom stereocenters. The average Bonchev–Trinajstić information content (AvgIpc) is 2.46. The van der Waals surface area contributed by atoms with Crippen molar-refractivity contribution >= 4 is 11.4 Å². The van der Waals surface area contributed by atoms with Crippen LogP contribution in [0.15, 0.2) is 42.5 Å². The molecule has 0 fully saturated rings. The first kappa shape index (κ1) is 12.3. The first-order valence-electron chi connectivity index (χ1n) is 7.34. The normalized spacial score (nSPS) is 12.5. The molecular weight excluding hydrogens is 230 g/mol. The Morgan fingerprint density at radius 3 is 2.68 bits per heavy atom. The van der Waals surface area contributed by atoms with Crippen LogP contribution in [0.5, 0.6) is 0 Å². The highest BCUT2D eigenvalue weighted by Crippen LogP contribution is 2.34. The minimum atomic E-state index is 1.07. The number of rotatable bonds is 4. The van der Waals surface area contributed by atoms with Gasteiger partial charge in [-0.05, 0) is 41.7 Å². The zero-order chi connectivity index (χ0) is 13.1. The number of hydrogen-bond acceptors (Lipinski definition) is 1. The van der Waals surface area contributed by atoms with Crippen LogP contribution in [-0.4, -0.2) is 0 Å². The fourth-order valence-corrected chi connectivity index (χ4v) is 2.89. The van der Waals surface area contributed by atoms with Gasteiger partial charge in [0.15, 0.2) is 0 Å². The molecule has 1 aliphatic heterocycles. The maximum Gasteiger partial charge on any atom is 0.0423 e. The molecule has 19 heavy (non-hydrogen) atoms. The molecule has 2 aromatic carbocycles. The van der Waals surface area contributed by atoms with Gasteiger partial charge in [0, 0.05) is 17.8 Å².